The topological polar surface area (TPSA) is 83.6 Å². The second kappa shape index (κ2) is 7.59. The predicted molar refractivity (Wildman–Crippen MR) is 114 cm³/mol. The van der Waals surface area contributed by atoms with Crippen LogP contribution in [0.2, 0.25) is 0 Å². The largest absolute Gasteiger partial charge is 0.338 e. The van der Waals surface area contributed by atoms with Gasteiger partial charge in [-0.1, -0.05) is 55.9 Å². The molecule has 0 aliphatic carbocycles. The van der Waals surface area contributed by atoms with Crippen molar-refractivity contribution in [1.82, 2.24) is 20.2 Å². The summed E-state index contributed by atoms with van der Waals surface area (Å²) in [6, 6.07) is 15.8. The van der Waals surface area contributed by atoms with Crippen molar-refractivity contribution >= 4 is 45.4 Å². The van der Waals surface area contributed by atoms with Crippen LogP contribution in [0, 0.1) is 0 Å². The second-order valence-electron chi connectivity index (χ2n) is 6.99. The van der Waals surface area contributed by atoms with E-state index in [0.29, 0.717) is 16.7 Å². The van der Waals surface area contributed by atoms with E-state index in [2.05, 4.69) is 39.3 Å². The molecule has 142 valence electrons. The number of carbonyl (C=O) groups is 1. The van der Waals surface area contributed by atoms with Gasteiger partial charge in [-0.3, -0.25) is 4.79 Å². The number of aromatic nitrogens is 4. The number of H-pyrrole nitrogens is 1. The first-order valence-corrected chi connectivity index (χ1v) is 10.1. The van der Waals surface area contributed by atoms with Crippen molar-refractivity contribution in [2.75, 3.05) is 5.32 Å². The molecule has 0 spiro atoms. The van der Waals surface area contributed by atoms with Crippen LogP contribution >= 0.6 is 11.8 Å². The molecule has 0 saturated heterocycles. The van der Waals surface area contributed by atoms with Gasteiger partial charge in [0.15, 0.2) is 5.65 Å². The molecular weight excluding hydrogens is 370 g/mol. The molecule has 2 aromatic heterocycles. The van der Waals surface area contributed by atoms with Gasteiger partial charge in [-0.25, -0.2) is 4.98 Å². The van der Waals surface area contributed by atoms with Crippen molar-refractivity contribution in [3.63, 3.8) is 0 Å². The van der Waals surface area contributed by atoms with Crippen LogP contribution in [-0.4, -0.2) is 31.3 Å². The summed E-state index contributed by atoms with van der Waals surface area (Å²) >= 11 is 1.29. The van der Waals surface area contributed by atoms with Gasteiger partial charge in [0.1, 0.15) is 5.52 Å². The highest BCUT2D eigenvalue weighted by Gasteiger charge is 2.18. The van der Waals surface area contributed by atoms with E-state index in [-0.39, 0.29) is 11.2 Å². The molecule has 0 aliphatic rings. The number of thioether (sulfide) groups is 1. The Balaban J connectivity index is 1.47. The van der Waals surface area contributed by atoms with Gasteiger partial charge in [0.2, 0.25) is 11.1 Å². The Kier molecular flexibility index (Phi) is 5.00. The third-order valence-electron chi connectivity index (χ3n) is 4.60. The minimum Gasteiger partial charge on any atom is -0.338 e. The first kappa shape index (κ1) is 18.4. The summed E-state index contributed by atoms with van der Waals surface area (Å²) in [5.41, 5.74) is 4.41. The Hall–Kier alpha value is -2.93. The van der Waals surface area contributed by atoms with Crippen molar-refractivity contribution in [3.8, 4) is 0 Å². The van der Waals surface area contributed by atoms with Crippen molar-refractivity contribution in [1.29, 1.82) is 0 Å². The summed E-state index contributed by atoms with van der Waals surface area (Å²) in [6.45, 7) is 6.12. The molecule has 1 amide bonds. The molecule has 7 heteroatoms. The number of anilines is 1. The monoisotopic (exact) mass is 391 g/mol. The summed E-state index contributed by atoms with van der Waals surface area (Å²) in [5.74, 6) is 0.367. The zero-order valence-corrected chi connectivity index (χ0v) is 16.7. The first-order valence-electron chi connectivity index (χ1n) is 9.20. The fourth-order valence-electron chi connectivity index (χ4n) is 2.96. The van der Waals surface area contributed by atoms with Crippen LogP contribution in [-0.2, 0) is 4.79 Å². The highest BCUT2D eigenvalue weighted by atomic mass is 32.2. The van der Waals surface area contributed by atoms with Crippen LogP contribution in [0.4, 0.5) is 5.69 Å². The molecule has 1 atom stereocenters. The lowest BCUT2D eigenvalue weighted by molar-refractivity contribution is -0.115. The average molecular weight is 392 g/mol. The highest BCUT2D eigenvalue weighted by Crippen LogP contribution is 2.25. The van der Waals surface area contributed by atoms with E-state index in [0.717, 1.165) is 22.1 Å². The molecule has 4 rings (SSSR count). The molecule has 1 unspecified atom stereocenters. The number of amides is 1. The maximum Gasteiger partial charge on any atom is 0.237 e. The third-order valence-corrected chi connectivity index (χ3v) is 5.55. The number of fused-ring (bicyclic) bond motifs is 3. The van der Waals surface area contributed by atoms with Crippen LogP contribution in [0.15, 0.2) is 53.7 Å². The number of carbonyl (C=O) groups excluding carboxylic acids is 1. The third kappa shape index (κ3) is 3.71. The number of nitrogens with one attached hydrogen (secondary N) is 2. The van der Waals surface area contributed by atoms with Crippen molar-refractivity contribution in [2.45, 2.75) is 37.1 Å². The molecule has 28 heavy (non-hydrogen) atoms. The molecule has 4 aromatic rings. The number of rotatable bonds is 5. The van der Waals surface area contributed by atoms with Gasteiger partial charge < -0.3 is 10.3 Å². The van der Waals surface area contributed by atoms with Gasteiger partial charge in [-0.05, 0) is 36.6 Å². The summed E-state index contributed by atoms with van der Waals surface area (Å²) in [4.78, 5) is 20.3. The number of hydrogen-bond acceptors (Lipinski definition) is 5. The normalized spacial score (nSPS) is 12.6. The lowest BCUT2D eigenvalue weighted by atomic mass is 10.0. The zero-order valence-electron chi connectivity index (χ0n) is 15.9. The highest BCUT2D eigenvalue weighted by molar-refractivity contribution is 8.00. The smallest absolute Gasteiger partial charge is 0.237 e. The van der Waals surface area contributed by atoms with E-state index in [9.17, 15) is 4.79 Å². The Morgan fingerprint density at radius 1 is 1.04 bits per heavy atom. The van der Waals surface area contributed by atoms with E-state index in [1.807, 2.05) is 55.5 Å². The van der Waals surface area contributed by atoms with E-state index >= 15 is 0 Å². The van der Waals surface area contributed by atoms with Crippen molar-refractivity contribution < 1.29 is 4.79 Å². The summed E-state index contributed by atoms with van der Waals surface area (Å²) in [7, 11) is 0. The van der Waals surface area contributed by atoms with Crippen molar-refractivity contribution in [2.24, 2.45) is 0 Å². The second-order valence-corrected chi connectivity index (χ2v) is 8.30. The molecule has 2 N–H and O–H groups in total. The molecule has 2 aromatic carbocycles. The SMILES string of the molecule is CC(Sc1nnc2c(n1)[nH]c1ccccc12)C(=O)Nc1ccc(C(C)C)cc1. The fraction of sp³-hybridized carbons (Fsp3) is 0.238. The Morgan fingerprint density at radius 3 is 2.54 bits per heavy atom. The maximum absolute atomic E-state index is 12.5. The molecule has 6 nitrogen and oxygen atoms in total. The van der Waals surface area contributed by atoms with Crippen LogP contribution in [0.25, 0.3) is 22.1 Å². The number of aromatic amines is 1. The Bertz CT molecular complexity index is 1140. The molecule has 0 bridgehead atoms. The zero-order chi connectivity index (χ0) is 19.7. The molecule has 0 radical (unpaired) electrons. The molecule has 0 aliphatic heterocycles. The number of para-hydroxylation sites is 1. The van der Waals surface area contributed by atoms with Crippen LogP contribution in [0.1, 0.15) is 32.3 Å². The maximum atomic E-state index is 12.5. The van der Waals surface area contributed by atoms with Crippen LogP contribution < -0.4 is 5.32 Å². The van der Waals surface area contributed by atoms with Gasteiger partial charge in [-0.2, -0.15) is 0 Å². The van der Waals surface area contributed by atoms with Crippen molar-refractivity contribution in [3.05, 3.63) is 54.1 Å². The standard InChI is InChI=1S/C21H21N5OS/c1-12(2)14-8-10-15(11-9-14)22-20(27)13(3)28-21-24-19-18(25-26-21)16-6-4-5-7-17(16)23-19/h4-13H,1-3H3,(H,22,27)(H,23,24,26). The van der Waals surface area contributed by atoms with E-state index < -0.39 is 0 Å². The van der Waals surface area contributed by atoms with E-state index in [1.54, 1.807) is 0 Å². The number of hydrogen-bond donors (Lipinski definition) is 2. The lowest BCUT2D eigenvalue weighted by Crippen LogP contribution is -2.22. The summed E-state index contributed by atoms with van der Waals surface area (Å²) in [5, 5.41) is 12.5. The van der Waals surface area contributed by atoms with Gasteiger partial charge in [0.05, 0.1) is 5.25 Å². The van der Waals surface area contributed by atoms with Crippen LogP contribution in [0.5, 0.6) is 0 Å². The number of nitrogens with zero attached hydrogens (tertiary/aromatic N) is 3. The molecule has 0 fully saturated rings. The van der Waals surface area contributed by atoms with E-state index in [4.69, 9.17) is 0 Å². The predicted octanol–water partition coefficient (Wildman–Crippen LogP) is 4.75. The van der Waals surface area contributed by atoms with Crippen LogP contribution in [0.3, 0.4) is 0 Å². The number of benzene rings is 2. The minimum atomic E-state index is -0.353. The fourth-order valence-corrected chi connectivity index (χ4v) is 3.68. The van der Waals surface area contributed by atoms with Gasteiger partial charge >= 0.3 is 0 Å². The lowest BCUT2D eigenvalue weighted by Gasteiger charge is -2.12. The quantitative estimate of drug-likeness (QED) is 0.480. The first-order chi connectivity index (χ1) is 13.5. The summed E-state index contributed by atoms with van der Waals surface area (Å²) < 4.78 is 0. The molecule has 2 heterocycles. The van der Waals surface area contributed by atoms with Gasteiger partial charge in [0.25, 0.3) is 0 Å². The average Bonchev–Trinajstić information content (AvgIpc) is 3.06. The van der Waals surface area contributed by atoms with Gasteiger partial charge in [-0.15, -0.1) is 10.2 Å². The molecular formula is C21H21N5OS. The van der Waals surface area contributed by atoms with Gasteiger partial charge in [0, 0.05) is 16.6 Å². The Labute approximate surface area is 167 Å². The van der Waals surface area contributed by atoms with E-state index in [1.165, 1.54) is 17.3 Å². The minimum absolute atomic E-state index is 0.0948. The Morgan fingerprint density at radius 2 is 1.79 bits per heavy atom. The summed E-state index contributed by atoms with van der Waals surface area (Å²) in [6.07, 6.45) is 0. The molecule has 0 saturated carbocycles.